The molecule has 0 aromatic carbocycles. The zero-order valence-corrected chi connectivity index (χ0v) is 7.63. The Hall–Kier alpha value is -1.64. The summed E-state index contributed by atoms with van der Waals surface area (Å²) < 4.78 is 0. The number of nitrogens with one attached hydrogen (secondary N) is 1. The van der Waals surface area contributed by atoms with Crippen molar-refractivity contribution in [2.45, 2.75) is 13.8 Å². The average Bonchev–Trinajstić information content (AvgIpc) is 2.33. The lowest BCUT2D eigenvalue weighted by atomic mass is 10.1. The van der Waals surface area contributed by atoms with Crippen LogP contribution in [0.3, 0.4) is 0 Å². The molecule has 0 saturated heterocycles. The van der Waals surface area contributed by atoms with Gasteiger partial charge in [-0.25, -0.2) is 0 Å². The van der Waals surface area contributed by atoms with E-state index in [2.05, 4.69) is 5.32 Å². The van der Waals surface area contributed by atoms with Crippen LogP contribution in [0.4, 0.5) is 0 Å². The molecule has 0 atom stereocenters. The minimum absolute atomic E-state index is 0.323. The van der Waals surface area contributed by atoms with Crippen LogP contribution in [0.25, 0.3) is 0 Å². The molecule has 0 radical (unpaired) electrons. The lowest BCUT2D eigenvalue weighted by molar-refractivity contribution is -0.123. The van der Waals surface area contributed by atoms with E-state index in [4.69, 9.17) is 0 Å². The molecule has 0 fully saturated rings. The first-order valence-corrected chi connectivity index (χ1v) is 4.06. The molecule has 0 saturated carbocycles. The second-order valence-corrected chi connectivity index (χ2v) is 2.61. The van der Waals surface area contributed by atoms with Gasteiger partial charge in [0.25, 0.3) is 11.8 Å². The molecule has 0 aromatic rings. The van der Waals surface area contributed by atoms with Crippen LogP contribution in [0.15, 0.2) is 35.5 Å². The second kappa shape index (κ2) is 3.85. The largest absolute Gasteiger partial charge is 0.288 e. The molecule has 0 aromatic heterocycles. The Balaban J connectivity index is 3.17. The first-order chi connectivity index (χ1) is 6.20. The summed E-state index contributed by atoms with van der Waals surface area (Å²) in [5.41, 5.74) is 0.871. The zero-order chi connectivity index (χ0) is 9.84. The highest BCUT2D eigenvalue weighted by Crippen LogP contribution is 2.14. The van der Waals surface area contributed by atoms with E-state index >= 15 is 0 Å². The standard InChI is InChI=1S/C10H11NO2/c1-3-5-7-8(6-4-2)10(13)11-9(7)12/h3-6H,1-2H3,(H,11,12,13)/b5-3-,6-4-. The van der Waals surface area contributed by atoms with Gasteiger partial charge in [0.1, 0.15) is 0 Å². The monoisotopic (exact) mass is 177 g/mol. The van der Waals surface area contributed by atoms with Crippen LogP contribution < -0.4 is 5.32 Å². The lowest BCUT2D eigenvalue weighted by Crippen LogP contribution is -2.22. The van der Waals surface area contributed by atoms with Gasteiger partial charge >= 0.3 is 0 Å². The zero-order valence-electron chi connectivity index (χ0n) is 7.63. The van der Waals surface area contributed by atoms with Crippen molar-refractivity contribution in [3.05, 3.63) is 35.5 Å². The third-order valence-corrected chi connectivity index (χ3v) is 1.67. The summed E-state index contributed by atoms with van der Waals surface area (Å²) >= 11 is 0. The van der Waals surface area contributed by atoms with Gasteiger partial charge in [-0.15, -0.1) is 0 Å². The minimum atomic E-state index is -0.323. The third kappa shape index (κ3) is 1.75. The first-order valence-electron chi connectivity index (χ1n) is 4.06. The van der Waals surface area contributed by atoms with Crippen molar-refractivity contribution < 1.29 is 9.59 Å². The van der Waals surface area contributed by atoms with Gasteiger partial charge in [-0.2, -0.15) is 0 Å². The summed E-state index contributed by atoms with van der Waals surface area (Å²) in [4.78, 5) is 22.4. The summed E-state index contributed by atoms with van der Waals surface area (Å²) in [6, 6.07) is 0. The highest BCUT2D eigenvalue weighted by molar-refractivity contribution is 6.22. The molecule has 1 heterocycles. The Morgan fingerprint density at radius 1 is 0.923 bits per heavy atom. The molecular weight excluding hydrogens is 166 g/mol. The predicted octanol–water partition coefficient (Wildman–Crippen LogP) is 1.09. The number of carbonyl (C=O) groups is 2. The first kappa shape index (κ1) is 9.45. The van der Waals surface area contributed by atoms with Gasteiger partial charge in [-0.1, -0.05) is 24.3 Å². The van der Waals surface area contributed by atoms with Gasteiger partial charge in [0, 0.05) is 0 Å². The Kier molecular flexibility index (Phi) is 2.80. The van der Waals surface area contributed by atoms with Crippen LogP contribution in [-0.2, 0) is 9.59 Å². The SMILES string of the molecule is C/C=C\C1=C(/C=C\C)C(=O)NC1=O. The van der Waals surface area contributed by atoms with Crippen LogP contribution in [0.1, 0.15) is 13.8 Å². The molecular formula is C10H11NO2. The normalized spacial score (nSPS) is 18.0. The fourth-order valence-electron chi connectivity index (χ4n) is 1.15. The van der Waals surface area contributed by atoms with Crippen molar-refractivity contribution in [2.75, 3.05) is 0 Å². The Labute approximate surface area is 76.8 Å². The number of rotatable bonds is 2. The number of carbonyl (C=O) groups excluding carboxylic acids is 2. The molecule has 0 bridgehead atoms. The average molecular weight is 177 g/mol. The van der Waals surface area contributed by atoms with Crippen LogP contribution in [0.2, 0.25) is 0 Å². The number of hydrogen-bond donors (Lipinski definition) is 1. The molecule has 2 amide bonds. The van der Waals surface area contributed by atoms with Crippen LogP contribution in [0, 0.1) is 0 Å². The quantitative estimate of drug-likeness (QED) is 0.642. The topological polar surface area (TPSA) is 46.2 Å². The maximum atomic E-state index is 11.2. The van der Waals surface area contributed by atoms with E-state index in [1.54, 1.807) is 38.2 Å². The molecule has 3 nitrogen and oxygen atoms in total. The Bertz CT molecular complexity index is 303. The molecule has 68 valence electrons. The molecule has 13 heavy (non-hydrogen) atoms. The summed E-state index contributed by atoms with van der Waals surface area (Å²) in [6.07, 6.45) is 6.74. The fraction of sp³-hybridized carbons (Fsp3) is 0.200. The minimum Gasteiger partial charge on any atom is -0.288 e. The van der Waals surface area contributed by atoms with Gasteiger partial charge < -0.3 is 0 Å². The molecule has 3 heteroatoms. The summed E-state index contributed by atoms with van der Waals surface area (Å²) in [5.74, 6) is -0.646. The second-order valence-electron chi connectivity index (χ2n) is 2.61. The fourth-order valence-corrected chi connectivity index (χ4v) is 1.15. The number of hydrogen-bond acceptors (Lipinski definition) is 2. The van der Waals surface area contributed by atoms with Crippen LogP contribution in [-0.4, -0.2) is 11.8 Å². The Morgan fingerprint density at radius 3 is 1.62 bits per heavy atom. The van der Waals surface area contributed by atoms with Crippen molar-refractivity contribution in [1.82, 2.24) is 5.32 Å². The van der Waals surface area contributed by atoms with E-state index < -0.39 is 0 Å². The smallest absolute Gasteiger partial charge is 0.258 e. The van der Waals surface area contributed by atoms with Crippen LogP contribution in [0.5, 0.6) is 0 Å². The van der Waals surface area contributed by atoms with Gasteiger partial charge in [0.2, 0.25) is 0 Å². The molecule has 0 unspecified atom stereocenters. The van der Waals surface area contributed by atoms with E-state index in [1.165, 1.54) is 0 Å². The van der Waals surface area contributed by atoms with Crippen molar-refractivity contribution >= 4 is 11.8 Å². The van der Waals surface area contributed by atoms with E-state index in [9.17, 15) is 9.59 Å². The van der Waals surface area contributed by atoms with Crippen molar-refractivity contribution in [2.24, 2.45) is 0 Å². The number of allylic oxidation sites excluding steroid dienone is 2. The van der Waals surface area contributed by atoms with Gasteiger partial charge in [-0.3, -0.25) is 14.9 Å². The van der Waals surface area contributed by atoms with E-state index in [0.717, 1.165) is 0 Å². The van der Waals surface area contributed by atoms with E-state index in [-0.39, 0.29) is 11.8 Å². The summed E-state index contributed by atoms with van der Waals surface area (Å²) in [6.45, 7) is 3.60. The molecule has 1 rings (SSSR count). The number of amides is 2. The maximum Gasteiger partial charge on any atom is 0.258 e. The highest BCUT2D eigenvalue weighted by atomic mass is 16.2. The maximum absolute atomic E-state index is 11.2. The van der Waals surface area contributed by atoms with Crippen molar-refractivity contribution in [3.63, 3.8) is 0 Å². The molecule has 0 spiro atoms. The molecule has 1 aliphatic heterocycles. The summed E-state index contributed by atoms with van der Waals surface area (Å²) in [7, 11) is 0. The summed E-state index contributed by atoms with van der Waals surface area (Å²) in [5, 5.41) is 2.23. The molecule has 0 aliphatic carbocycles. The highest BCUT2D eigenvalue weighted by Gasteiger charge is 2.25. The third-order valence-electron chi connectivity index (χ3n) is 1.67. The van der Waals surface area contributed by atoms with Gasteiger partial charge in [-0.05, 0) is 13.8 Å². The molecule has 1 N–H and O–H groups in total. The predicted molar refractivity (Wildman–Crippen MR) is 49.8 cm³/mol. The van der Waals surface area contributed by atoms with Crippen molar-refractivity contribution in [3.8, 4) is 0 Å². The van der Waals surface area contributed by atoms with Crippen LogP contribution >= 0.6 is 0 Å². The van der Waals surface area contributed by atoms with E-state index in [0.29, 0.717) is 11.1 Å². The lowest BCUT2D eigenvalue weighted by Gasteiger charge is -1.89. The Morgan fingerprint density at radius 2 is 1.31 bits per heavy atom. The van der Waals surface area contributed by atoms with Gasteiger partial charge in [0.05, 0.1) is 11.1 Å². The molecule has 1 aliphatic rings. The van der Waals surface area contributed by atoms with Crippen molar-refractivity contribution in [1.29, 1.82) is 0 Å². The number of imide groups is 1. The van der Waals surface area contributed by atoms with Gasteiger partial charge in [0.15, 0.2) is 0 Å². The van der Waals surface area contributed by atoms with E-state index in [1.807, 2.05) is 0 Å².